The van der Waals surface area contributed by atoms with Crippen LogP contribution >= 0.6 is 0 Å². The third-order valence-electron chi connectivity index (χ3n) is 3.75. The Labute approximate surface area is 102 Å². The number of carbonyl (C=O) groups is 1. The van der Waals surface area contributed by atoms with Crippen molar-refractivity contribution in [2.75, 3.05) is 0 Å². The second-order valence-corrected chi connectivity index (χ2v) is 5.30. The minimum atomic E-state index is -0.686. The number of rotatable bonds is 2. The standard InChI is InChI=1S/C13H20N2O2/c1-8-4-5-11(13(16)17)12(6-8)15-10(3)7-9(2)14-15/h7-8,11-12H,4-6H2,1-3H3,(H,16,17). The molecule has 1 aliphatic carbocycles. The molecule has 4 nitrogen and oxygen atoms in total. The van der Waals surface area contributed by atoms with Crippen molar-refractivity contribution in [1.29, 1.82) is 0 Å². The highest BCUT2D eigenvalue weighted by Gasteiger charge is 2.35. The van der Waals surface area contributed by atoms with Crippen LogP contribution in [0.5, 0.6) is 0 Å². The van der Waals surface area contributed by atoms with Crippen LogP contribution in [0.25, 0.3) is 0 Å². The molecule has 0 bridgehead atoms. The molecule has 0 aromatic carbocycles. The van der Waals surface area contributed by atoms with Crippen LogP contribution in [0.15, 0.2) is 6.07 Å². The molecule has 0 amide bonds. The molecule has 1 heterocycles. The maximum absolute atomic E-state index is 11.3. The zero-order chi connectivity index (χ0) is 12.6. The van der Waals surface area contributed by atoms with Gasteiger partial charge in [0.25, 0.3) is 0 Å². The Morgan fingerprint density at radius 1 is 1.47 bits per heavy atom. The van der Waals surface area contributed by atoms with Gasteiger partial charge in [-0.3, -0.25) is 9.48 Å². The first kappa shape index (κ1) is 12.1. The summed E-state index contributed by atoms with van der Waals surface area (Å²) in [4.78, 5) is 11.3. The molecule has 3 unspecified atom stereocenters. The lowest BCUT2D eigenvalue weighted by Gasteiger charge is -2.33. The lowest BCUT2D eigenvalue weighted by molar-refractivity contribution is -0.145. The van der Waals surface area contributed by atoms with E-state index in [4.69, 9.17) is 0 Å². The quantitative estimate of drug-likeness (QED) is 0.858. The van der Waals surface area contributed by atoms with Crippen LogP contribution in [0.1, 0.15) is 43.6 Å². The van der Waals surface area contributed by atoms with Crippen molar-refractivity contribution < 1.29 is 9.90 Å². The number of nitrogens with zero attached hydrogens (tertiary/aromatic N) is 2. The van der Waals surface area contributed by atoms with E-state index in [9.17, 15) is 9.90 Å². The summed E-state index contributed by atoms with van der Waals surface area (Å²) in [6, 6.07) is 2.03. The van der Waals surface area contributed by atoms with E-state index >= 15 is 0 Å². The molecule has 1 fully saturated rings. The summed E-state index contributed by atoms with van der Waals surface area (Å²) >= 11 is 0. The lowest BCUT2D eigenvalue weighted by Crippen LogP contribution is -2.33. The highest BCUT2D eigenvalue weighted by atomic mass is 16.4. The summed E-state index contributed by atoms with van der Waals surface area (Å²) in [6.07, 6.45) is 2.69. The zero-order valence-electron chi connectivity index (χ0n) is 10.7. The molecule has 0 radical (unpaired) electrons. The van der Waals surface area contributed by atoms with Gasteiger partial charge in [0.1, 0.15) is 0 Å². The van der Waals surface area contributed by atoms with E-state index in [2.05, 4.69) is 12.0 Å². The predicted octanol–water partition coefficient (Wildman–Crippen LogP) is 2.56. The number of hydrogen-bond acceptors (Lipinski definition) is 2. The minimum Gasteiger partial charge on any atom is -0.481 e. The number of carboxylic acids is 1. The highest BCUT2D eigenvalue weighted by molar-refractivity contribution is 5.70. The summed E-state index contributed by atoms with van der Waals surface area (Å²) < 4.78 is 1.92. The Bertz CT molecular complexity index is 425. The summed E-state index contributed by atoms with van der Waals surface area (Å²) in [7, 11) is 0. The SMILES string of the molecule is Cc1cc(C)n(C2CC(C)CCC2C(=O)O)n1. The second kappa shape index (κ2) is 4.51. The van der Waals surface area contributed by atoms with Gasteiger partial charge in [-0.15, -0.1) is 0 Å². The molecule has 2 rings (SSSR count). The number of aliphatic carboxylic acids is 1. The van der Waals surface area contributed by atoms with Crippen molar-refractivity contribution in [3.8, 4) is 0 Å². The number of aromatic nitrogens is 2. The van der Waals surface area contributed by atoms with Crippen molar-refractivity contribution in [3.63, 3.8) is 0 Å². The van der Waals surface area contributed by atoms with Crippen LogP contribution in [0.3, 0.4) is 0 Å². The average Bonchev–Trinajstić information content (AvgIpc) is 2.57. The molecule has 1 aromatic rings. The Morgan fingerprint density at radius 2 is 2.18 bits per heavy atom. The first-order chi connectivity index (χ1) is 7.99. The van der Waals surface area contributed by atoms with Gasteiger partial charge in [-0.2, -0.15) is 5.10 Å². The normalized spacial score (nSPS) is 29.2. The van der Waals surface area contributed by atoms with E-state index in [-0.39, 0.29) is 12.0 Å². The van der Waals surface area contributed by atoms with Gasteiger partial charge >= 0.3 is 5.97 Å². The van der Waals surface area contributed by atoms with E-state index in [1.54, 1.807) is 0 Å². The van der Waals surface area contributed by atoms with Crippen LogP contribution in [0.4, 0.5) is 0 Å². The Kier molecular flexibility index (Phi) is 3.22. The third-order valence-corrected chi connectivity index (χ3v) is 3.75. The van der Waals surface area contributed by atoms with Crippen molar-refractivity contribution >= 4 is 5.97 Å². The molecule has 0 spiro atoms. The van der Waals surface area contributed by atoms with Gasteiger partial charge in [-0.1, -0.05) is 6.92 Å². The van der Waals surface area contributed by atoms with Crippen molar-refractivity contribution in [2.45, 2.75) is 46.1 Å². The number of carboxylic acid groups (broad SMARTS) is 1. The van der Waals surface area contributed by atoms with Gasteiger partial charge in [-0.25, -0.2) is 0 Å². The molecule has 1 saturated carbocycles. The fraction of sp³-hybridized carbons (Fsp3) is 0.692. The zero-order valence-corrected chi connectivity index (χ0v) is 10.7. The number of hydrogen-bond donors (Lipinski definition) is 1. The maximum Gasteiger partial charge on any atom is 0.308 e. The molecule has 0 aliphatic heterocycles. The topological polar surface area (TPSA) is 55.1 Å². The van der Waals surface area contributed by atoms with Crippen molar-refractivity contribution in [3.05, 3.63) is 17.5 Å². The molecule has 17 heavy (non-hydrogen) atoms. The highest BCUT2D eigenvalue weighted by Crippen LogP contribution is 2.37. The Hall–Kier alpha value is -1.32. The van der Waals surface area contributed by atoms with Gasteiger partial charge < -0.3 is 5.11 Å². The van der Waals surface area contributed by atoms with Gasteiger partial charge in [0.05, 0.1) is 17.7 Å². The molecule has 1 N–H and O–H groups in total. The van der Waals surface area contributed by atoms with Crippen LogP contribution < -0.4 is 0 Å². The second-order valence-electron chi connectivity index (χ2n) is 5.30. The van der Waals surface area contributed by atoms with E-state index < -0.39 is 5.97 Å². The largest absolute Gasteiger partial charge is 0.481 e. The van der Waals surface area contributed by atoms with E-state index in [0.717, 1.165) is 30.7 Å². The molecule has 1 aliphatic rings. The molecule has 3 atom stereocenters. The molecular formula is C13H20N2O2. The van der Waals surface area contributed by atoms with E-state index in [1.165, 1.54) is 0 Å². The van der Waals surface area contributed by atoms with Gasteiger partial charge in [0, 0.05) is 5.69 Å². The molecule has 1 aromatic heterocycles. The molecule has 4 heteroatoms. The minimum absolute atomic E-state index is 0.0185. The van der Waals surface area contributed by atoms with Crippen molar-refractivity contribution in [2.24, 2.45) is 11.8 Å². The summed E-state index contributed by atoms with van der Waals surface area (Å²) in [5.74, 6) is -0.391. The molecule has 94 valence electrons. The first-order valence-corrected chi connectivity index (χ1v) is 6.24. The lowest BCUT2D eigenvalue weighted by atomic mass is 9.79. The maximum atomic E-state index is 11.3. The average molecular weight is 236 g/mol. The number of aryl methyl sites for hydroxylation is 2. The van der Waals surface area contributed by atoms with Gasteiger partial charge in [0.2, 0.25) is 0 Å². The monoisotopic (exact) mass is 236 g/mol. The Morgan fingerprint density at radius 3 is 2.71 bits per heavy atom. The summed E-state index contributed by atoms with van der Waals surface area (Å²) in [5.41, 5.74) is 2.03. The van der Waals surface area contributed by atoms with Crippen LogP contribution in [-0.2, 0) is 4.79 Å². The van der Waals surface area contributed by atoms with E-state index in [1.807, 2.05) is 24.6 Å². The summed E-state index contributed by atoms with van der Waals surface area (Å²) in [6.45, 7) is 6.14. The summed E-state index contributed by atoms with van der Waals surface area (Å²) in [5, 5.41) is 13.8. The van der Waals surface area contributed by atoms with Crippen LogP contribution in [-0.4, -0.2) is 20.9 Å². The molecule has 0 saturated heterocycles. The van der Waals surface area contributed by atoms with Crippen molar-refractivity contribution in [1.82, 2.24) is 9.78 Å². The smallest absolute Gasteiger partial charge is 0.308 e. The Balaban J connectivity index is 2.32. The predicted molar refractivity (Wildman–Crippen MR) is 64.9 cm³/mol. The van der Waals surface area contributed by atoms with E-state index in [0.29, 0.717) is 5.92 Å². The van der Waals surface area contributed by atoms with Gasteiger partial charge in [-0.05, 0) is 45.1 Å². The fourth-order valence-electron chi connectivity index (χ4n) is 2.89. The molecular weight excluding hydrogens is 216 g/mol. The fourth-order valence-corrected chi connectivity index (χ4v) is 2.89. The first-order valence-electron chi connectivity index (χ1n) is 6.24. The van der Waals surface area contributed by atoms with Crippen LogP contribution in [0.2, 0.25) is 0 Å². The van der Waals surface area contributed by atoms with Gasteiger partial charge in [0.15, 0.2) is 0 Å². The van der Waals surface area contributed by atoms with Crippen LogP contribution in [0, 0.1) is 25.7 Å². The third kappa shape index (κ3) is 2.35.